The van der Waals surface area contributed by atoms with Gasteiger partial charge in [-0.3, -0.25) is 0 Å². The van der Waals surface area contributed by atoms with E-state index in [9.17, 15) is 19.2 Å². The molecule has 1 atom stereocenters. The third-order valence-corrected chi connectivity index (χ3v) is 4.62. The lowest BCUT2D eigenvalue weighted by atomic mass is 10.2. The van der Waals surface area contributed by atoms with E-state index in [1.54, 1.807) is 69.3 Å². The predicted octanol–water partition coefficient (Wildman–Crippen LogP) is 4.11. The van der Waals surface area contributed by atoms with Crippen LogP contribution in [0, 0.1) is 0 Å². The van der Waals surface area contributed by atoms with E-state index in [4.69, 9.17) is 14.2 Å². The maximum Gasteiger partial charge on any atom is 0.419 e. The van der Waals surface area contributed by atoms with Crippen LogP contribution in [0.15, 0.2) is 60.7 Å². The fourth-order valence-electron chi connectivity index (χ4n) is 3.06. The Morgan fingerprint density at radius 2 is 1.36 bits per heavy atom. The van der Waals surface area contributed by atoms with E-state index in [-0.39, 0.29) is 13.2 Å². The van der Waals surface area contributed by atoms with Gasteiger partial charge in [0.05, 0.1) is 6.54 Å². The first-order chi connectivity index (χ1) is 15.7. The van der Waals surface area contributed by atoms with Crippen molar-refractivity contribution in [2.24, 2.45) is 0 Å². The van der Waals surface area contributed by atoms with Crippen LogP contribution >= 0.6 is 0 Å². The molecule has 0 radical (unpaired) electrons. The zero-order valence-electron chi connectivity index (χ0n) is 18.7. The van der Waals surface area contributed by atoms with Crippen molar-refractivity contribution < 1.29 is 33.4 Å². The molecule has 1 aliphatic rings. The highest BCUT2D eigenvalue weighted by molar-refractivity contribution is 6.04. The first kappa shape index (κ1) is 23.8. The van der Waals surface area contributed by atoms with E-state index in [1.165, 1.54) is 0 Å². The largest absolute Gasteiger partial charge is 0.459 e. The van der Waals surface area contributed by atoms with Gasteiger partial charge in [0.15, 0.2) is 6.04 Å². The third kappa shape index (κ3) is 6.31. The number of carbonyl (C=O) groups is 4. The summed E-state index contributed by atoms with van der Waals surface area (Å²) >= 11 is 0. The summed E-state index contributed by atoms with van der Waals surface area (Å²) in [6, 6.07) is 15.4. The summed E-state index contributed by atoms with van der Waals surface area (Å²) in [6.45, 7) is 4.36. The van der Waals surface area contributed by atoms with Gasteiger partial charge in [0, 0.05) is 0 Å². The van der Waals surface area contributed by atoms with Crippen molar-refractivity contribution in [2.45, 2.75) is 45.6 Å². The van der Waals surface area contributed by atoms with Crippen LogP contribution in [0.5, 0.6) is 0 Å². The summed E-state index contributed by atoms with van der Waals surface area (Å²) in [6.07, 6.45) is -2.02. The number of benzene rings is 2. The number of hydrogen-bond acceptors (Lipinski definition) is 7. The van der Waals surface area contributed by atoms with Crippen LogP contribution in [0.4, 0.5) is 14.4 Å². The second-order valence-electron chi connectivity index (χ2n) is 8.39. The molecule has 2 aromatic rings. The molecule has 1 fully saturated rings. The smallest absolute Gasteiger partial charge is 0.419 e. The Kier molecular flexibility index (Phi) is 7.32. The summed E-state index contributed by atoms with van der Waals surface area (Å²) < 4.78 is 15.8. The van der Waals surface area contributed by atoms with Gasteiger partial charge in [0.2, 0.25) is 0 Å². The topological polar surface area (TPSA) is 102 Å². The van der Waals surface area contributed by atoms with Crippen molar-refractivity contribution in [1.29, 1.82) is 0 Å². The number of hydrogen-bond donors (Lipinski definition) is 0. The molecule has 0 bridgehead atoms. The Hall–Kier alpha value is -3.88. The number of nitrogens with zero attached hydrogens (tertiary/aromatic N) is 2. The maximum absolute atomic E-state index is 12.9. The molecule has 0 N–H and O–H groups in total. The molecule has 1 heterocycles. The number of esters is 1. The van der Waals surface area contributed by atoms with Gasteiger partial charge in [-0.15, -0.1) is 0 Å². The minimum Gasteiger partial charge on any atom is -0.459 e. The highest BCUT2D eigenvalue weighted by Gasteiger charge is 2.50. The minimum atomic E-state index is -1.36. The molecule has 9 nitrogen and oxygen atoms in total. The summed E-state index contributed by atoms with van der Waals surface area (Å²) in [5.41, 5.74) is 0.559. The summed E-state index contributed by atoms with van der Waals surface area (Å²) in [5, 5.41) is 0. The summed E-state index contributed by atoms with van der Waals surface area (Å²) in [5.74, 6) is -0.838. The Balaban J connectivity index is 1.75. The lowest BCUT2D eigenvalue weighted by Gasteiger charge is -2.23. The quantitative estimate of drug-likeness (QED) is 0.495. The molecule has 0 aliphatic carbocycles. The SMILES string of the molecule is CC(C)(C)OC(=O)N1CC(C(=O)OCc2ccccc2)N(C(=O)OCc2ccccc2)C1=O. The Morgan fingerprint density at radius 1 is 0.848 bits per heavy atom. The van der Waals surface area contributed by atoms with Crippen molar-refractivity contribution in [2.75, 3.05) is 6.54 Å². The summed E-state index contributed by atoms with van der Waals surface area (Å²) in [4.78, 5) is 52.3. The molecule has 174 valence electrons. The van der Waals surface area contributed by atoms with Gasteiger partial charge in [0.1, 0.15) is 18.8 Å². The van der Waals surface area contributed by atoms with Gasteiger partial charge in [0.25, 0.3) is 0 Å². The average molecular weight is 454 g/mol. The Labute approximate surface area is 191 Å². The number of rotatable bonds is 5. The van der Waals surface area contributed by atoms with Crippen LogP contribution in [-0.4, -0.2) is 52.2 Å². The fourth-order valence-corrected chi connectivity index (χ4v) is 3.06. The zero-order valence-corrected chi connectivity index (χ0v) is 18.7. The molecule has 9 heteroatoms. The van der Waals surface area contributed by atoms with E-state index >= 15 is 0 Å². The third-order valence-electron chi connectivity index (χ3n) is 4.62. The number of carbonyl (C=O) groups excluding carboxylic acids is 4. The lowest BCUT2D eigenvalue weighted by Crippen LogP contribution is -2.45. The van der Waals surface area contributed by atoms with Gasteiger partial charge in [-0.25, -0.2) is 29.0 Å². The first-order valence-corrected chi connectivity index (χ1v) is 10.4. The molecule has 0 saturated carbocycles. The van der Waals surface area contributed by atoms with Crippen molar-refractivity contribution >= 4 is 24.2 Å². The van der Waals surface area contributed by atoms with Gasteiger partial charge in [-0.2, -0.15) is 0 Å². The van der Waals surface area contributed by atoms with Gasteiger partial charge >= 0.3 is 24.2 Å². The average Bonchev–Trinajstić information content (AvgIpc) is 3.13. The van der Waals surface area contributed by atoms with Crippen LogP contribution in [0.1, 0.15) is 31.9 Å². The van der Waals surface area contributed by atoms with Crippen LogP contribution in [0.25, 0.3) is 0 Å². The molecule has 0 spiro atoms. The van der Waals surface area contributed by atoms with Crippen molar-refractivity contribution in [3.8, 4) is 0 Å². The van der Waals surface area contributed by atoms with Gasteiger partial charge in [-0.1, -0.05) is 60.7 Å². The van der Waals surface area contributed by atoms with E-state index in [1.807, 2.05) is 12.1 Å². The second kappa shape index (κ2) is 10.2. The van der Waals surface area contributed by atoms with Crippen LogP contribution in [-0.2, 0) is 32.2 Å². The minimum absolute atomic E-state index is 0.0519. The highest BCUT2D eigenvalue weighted by atomic mass is 16.6. The molecular weight excluding hydrogens is 428 g/mol. The normalized spacial score (nSPS) is 15.8. The Morgan fingerprint density at radius 3 is 1.88 bits per heavy atom. The standard InChI is InChI=1S/C24H26N2O7/c1-24(2,3)33-22(29)25-14-19(20(27)31-15-17-10-6-4-7-11-17)26(21(25)28)23(30)32-16-18-12-8-5-9-13-18/h4-13,19H,14-16H2,1-3H3. The first-order valence-electron chi connectivity index (χ1n) is 10.4. The van der Waals surface area contributed by atoms with Crippen LogP contribution in [0.3, 0.4) is 0 Å². The van der Waals surface area contributed by atoms with Crippen LogP contribution < -0.4 is 0 Å². The van der Waals surface area contributed by atoms with E-state index in [2.05, 4.69) is 0 Å². The fraction of sp³-hybridized carbons (Fsp3) is 0.333. The van der Waals surface area contributed by atoms with E-state index in [0.717, 1.165) is 5.56 Å². The zero-order chi connectivity index (χ0) is 24.0. The van der Waals surface area contributed by atoms with Gasteiger partial charge in [-0.05, 0) is 31.9 Å². The molecule has 2 aromatic carbocycles. The molecule has 0 aromatic heterocycles. The van der Waals surface area contributed by atoms with Crippen molar-refractivity contribution in [3.05, 3.63) is 71.8 Å². The number of amides is 4. The lowest BCUT2D eigenvalue weighted by molar-refractivity contribution is -0.149. The van der Waals surface area contributed by atoms with E-state index < -0.39 is 42.4 Å². The molecule has 1 saturated heterocycles. The molecule has 1 aliphatic heterocycles. The molecule has 1 unspecified atom stereocenters. The van der Waals surface area contributed by atoms with E-state index in [0.29, 0.717) is 15.4 Å². The van der Waals surface area contributed by atoms with Crippen molar-refractivity contribution in [3.63, 3.8) is 0 Å². The number of imide groups is 2. The molecule has 4 amide bonds. The second-order valence-corrected chi connectivity index (χ2v) is 8.39. The Bertz CT molecular complexity index is 1000. The van der Waals surface area contributed by atoms with Gasteiger partial charge < -0.3 is 14.2 Å². The molecule has 33 heavy (non-hydrogen) atoms. The van der Waals surface area contributed by atoms with Crippen LogP contribution in [0.2, 0.25) is 0 Å². The number of ether oxygens (including phenoxy) is 3. The number of urea groups is 1. The summed E-state index contributed by atoms with van der Waals surface area (Å²) in [7, 11) is 0. The predicted molar refractivity (Wildman–Crippen MR) is 117 cm³/mol. The maximum atomic E-state index is 12.9. The molecule has 3 rings (SSSR count). The van der Waals surface area contributed by atoms with Crippen molar-refractivity contribution in [1.82, 2.24) is 9.80 Å². The highest BCUT2D eigenvalue weighted by Crippen LogP contribution is 2.22. The molecular formula is C24H26N2O7. The monoisotopic (exact) mass is 454 g/mol.